The van der Waals surface area contributed by atoms with Gasteiger partial charge in [0, 0.05) is 5.39 Å². The van der Waals surface area contributed by atoms with Crippen LogP contribution < -0.4 is 0 Å². The second-order valence-corrected chi connectivity index (χ2v) is 5.88. The number of benzene rings is 2. The zero-order valence-corrected chi connectivity index (χ0v) is 13.4. The molecule has 0 amide bonds. The molecule has 0 radical (unpaired) electrons. The number of rotatable bonds is 2. The first-order valence-electron chi connectivity index (χ1n) is 6.77. The van der Waals surface area contributed by atoms with Crippen LogP contribution in [0.2, 0.25) is 10.0 Å². The van der Waals surface area contributed by atoms with E-state index in [0.717, 1.165) is 11.3 Å². The molecule has 0 aliphatic heterocycles. The van der Waals surface area contributed by atoms with Gasteiger partial charge in [-0.1, -0.05) is 59.1 Å². The van der Waals surface area contributed by atoms with Crippen molar-refractivity contribution in [3.63, 3.8) is 0 Å². The van der Waals surface area contributed by atoms with Crippen molar-refractivity contribution in [3.8, 4) is 5.75 Å². The number of aromatic hydroxyl groups is 1. The van der Waals surface area contributed by atoms with Gasteiger partial charge in [-0.25, -0.2) is 4.98 Å². The number of pyridine rings is 1. The maximum atomic E-state index is 10.1. The molecule has 3 rings (SSSR count). The van der Waals surface area contributed by atoms with E-state index in [4.69, 9.17) is 23.2 Å². The maximum absolute atomic E-state index is 10.1. The van der Waals surface area contributed by atoms with Crippen LogP contribution in [0.25, 0.3) is 23.1 Å². The first-order chi connectivity index (χ1) is 10.5. The second kappa shape index (κ2) is 5.99. The molecule has 1 aromatic heterocycles. The van der Waals surface area contributed by atoms with E-state index >= 15 is 0 Å². The molecule has 0 aliphatic rings. The van der Waals surface area contributed by atoms with Crippen LogP contribution in [0.3, 0.4) is 0 Å². The summed E-state index contributed by atoms with van der Waals surface area (Å²) in [7, 11) is 0. The fraction of sp³-hybridized carbons (Fsp3) is 0.0556. The third-order valence-corrected chi connectivity index (χ3v) is 3.97. The summed E-state index contributed by atoms with van der Waals surface area (Å²) in [6.07, 6.45) is 3.87. The van der Waals surface area contributed by atoms with Gasteiger partial charge < -0.3 is 5.11 Å². The number of aryl methyl sites for hydroxylation is 1. The molecule has 0 bridgehead atoms. The van der Waals surface area contributed by atoms with E-state index in [1.54, 1.807) is 0 Å². The average Bonchev–Trinajstić information content (AvgIpc) is 2.50. The van der Waals surface area contributed by atoms with E-state index in [2.05, 4.69) is 11.1 Å². The Labute approximate surface area is 138 Å². The van der Waals surface area contributed by atoms with E-state index in [9.17, 15) is 5.11 Å². The van der Waals surface area contributed by atoms with E-state index < -0.39 is 0 Å². The SMILES string of the molecule is Cc1cccc(C=Cc2ccc3c(Cl)cc(Cl)c(O)c3n2)c1. The Morgan fingerprint density at radius 1 is 1.00 bits per heavy atom. The maximum Gasteiger partial charge on any atom is 0.160 e. The minimum absolute atomic E-state index is 0.0492. The molecular formula is C18H13Cl2NO. The van der Waals surface area contributed by atoms with Crippen LogP contribution in [0.1, 0.15) is 16.8 Å². The van der Waals surface area contributed by atoms with Gasteiger partial charge in [0.1, 0.15) is 5.52 Å². The standard InChI is InChI=1S/C18H13Cl2NO/c1-11-3-2-4-12(9-11)5-6-13-7-8-14-15(19)10-16(20)18(22)17(14)21-13/h2-10,22H,1H3. The molecule has 3 aromatic rings. The van der Waals surface area contributed by atoms with Crippen molar-refractivity contribution in [2.45, 2.75) is 6.92 Å². The predicted molar refractivity (Wildman–Crippen MR) is 93.5 cm³/mol. The van der Waals surface area contributed by atoms with Gasteiger partial charge in [0.2, 0.25) is 0 Å². The number of hydrogen-bond acceptors (Lipinski definition) is 2. The van der Waals surface area contributed by atoms with Crippen molar-refractivity contribution < 1.29 is 5.11 Å². The van der Waals surface area contributed by atoms with Gasteiger partial charge in [-0.05, 0) is 36.8 Å². The normalized spacial score (nSPS) is 11.4. The molecule has 0 spiro atoms. The van der Waals surface area contributed by atoms with Crippen molar-refractivity contribution in [3.05, 3.63) is 69.3 Å². The summed E-state index contributed by atoms with van der Waals surface area (Å²) in [5.74, 6) is -0.0492. The van der Waals surface area contributed by atoms with Crippen LogP contribution >= 0.6 is 23.2 Å². The Morgan fingerprint density at radius 2 is 1.82 bits per heavy atom. The number of fused-ring (bicyclic) bond motifs is 1. The molecule has 0 atom stereocenters. The largest absolute Gasteiger partial charge is 0.504 e. The van der Waals surface area contributed by atoms with Crippen molar-refractivity contribution in [1.29, 1.82) is 0 Å². The van der Waals surface area contributed by atoms with Crippen LogP contribution in [0.15, 0.2) is 42.5 Å². The Morgan fingerprint density at radius 3 is 2.59 bits per heavy atom. The topological polar surface area (TPSA) is 33.1 Å². The lowest BCUT2D eigenvalue weighted by Gasteiger charge is -2.05. The van der Waals surface area contributed by atoms with E-state index in [0.29, 0.717) is 15.9 Å². The smallest absolute Gasteiger partial charge is 0.160 e. The Bertz CT molecular complexity index is 888. The van der Waals surface area contributed by atoms with E-state index in [1.807, 2.05) is 49.4 Å². The molecule has 2 aromatic carbocycles. The molecule has 2 nitrogen and oxygen atoms in total. The minimum Gasteiger partial charge on any atom is -0.504 e. The van der Waals surface area contributed by atoms with Crippen LogP contribution in [0, 0.1) is 6.92 Å². The third-order valence-electron chi connectivity index (χ3n) is 3.37. The zero-order valence-electron chi connectivity index (χ0n) is 11.8. The monoisotopic (exact) mass is 329 g/mol. The van der Waals surface area contributed by atoms with Gasteiger partial charge in [-0.3, -0.25) is 0 Å². The van der Waals surface area contributed by atoms with Gasteiger partial charge in [0.25, 0.3) is 0 Å². The Hall–Kier alpha value is -2.03. The minimum atomic E-state index is -0.0492. The van der Waals surface area contributed by atoms with Gasteiger partial charge >= 0.3 is 0 Å². The number of phenols is 1. The highest BCUT2D eigenvalue weighted by atomic mass is 35.5. The van der Waals surface area contributed by atoms with Crippen LogP contribution in [0.5, 0.6) is 5.75 Å². The molecular weight excluding hydrogens is 317 g/mol. The van der Waals surface area contributed by atoms with Crippen molar-refractivity contribution in [2.24, 2.45) is 0 Å². The lowest BCUT2D eigenvalue weighted by atomic mass is 10.1. The van der Waals surface area contributed by atoms with Crippen LogP contribution in [0.4, 0.5) is 0 Å². The molecule has 22 heavy (non-hydrogen) atoms. The van der Waals surface area contributed by atoms with Crippen molar-refractivity contribution in [2.75, 3.05) is 0 Å². The number of aromatic nitrogens is 1. The highest BCUT2D eigenvalue weighted by Crippen LogP contribution is 2.36. The molecule has 1 heterocycles. The summed E-state index contributed by atoms with van der Waals surface area (Å²) in [6, 6.07) is 13.4. The summed E-state index contributed by atoms with van der Waals surface area (Å²) in [4.78, 5) is 4.43. The number of halogens is 2. The molecule has 110 valence electrons. The van der Waals surface area contributed by atoms with Crippen LogP contribution in [-0.4, -0.2) is 10.1 Å². The summed E-state index contributed by atoms with van der Waals surface area (Å²) in [5, 5.41) is 11.4. The summed E-state index contributed by atoms with van der Waals surface area (Å²) in [6.45, 7) is 2.05. The van der Waals surface area contributed by atoms with Gasteiger partial charge in [-0.15, -0.1) is 0 Å². The molecule has 4 heteroatoms. The molecule has 0 fully saturated rings. The molecule has 0 saturated carbocycles. The Balaban J connectivity index is 2.04. The molecule has 0 unspecified atom stereocenters. The molecule has 1 N–H and O–H groups in total. The van der Waals surface area contributed by atoms with E-state index in [1.165, 1.54) is 11.6 Å². The highest BCUT2D eigenvalue weighted by molar-refractivity contribution is 6.39. The average molecular weight is 330 g/mol. The first-order valence-corrected chi connectivity index (χ1v) is 7.52. The Kier molecular flexibility index (Phi) is 4.06. The van der Waals surface area contributed by atoms with Gasteiger partial charge in [-0.2, -0.15) is 0 Å². The lowest BCUT2D eigenvalue weighted by Crippen LogP contribution is -1.86. The van der Waals surface area contributed by atoms with E-state index in [-0.39, 0.29) is 10.8 Å². The molecule has 0 saturated heterocycles. The summed E-state index contributed by atoms with van der Waals surface area (Å²) < 4.78 is 0. The molecule has 0 aliphatic carbocycles. The van der Waals surface area contributed by atoms with Crippen molar-refractivity contribution in [1.82, 2.24) is 4.98 Å². The van der Waals surface area contributed by atoms with Crippen LogP contribution in [-0.2, 0) is 0 Å². The summed E-state index contributed by atoms with van der Waals surface area (Å²) >= 11 is 12.1. The third kappa shape index (κ3) is 2.94. The quantitative estimate of drug-likeness (QED) is 0.651. The zero-order chi connectivity index (χ0) is 15.7. The highest BCUT2D eigenvalue weighted by Gasteiger charge is 2.10. The fourth-order valence-electron chi connectivity index (χ4n) is 2.27. The summed E-state index contributed by atoms with van der Waals surface area (Å²) in [5.41, 5.74) is 3.42. The number of phenolic OH excluding ortho intramolecular Hbond substituents is 1. The number of hydrogen-bond donors (Lipinski definition) is 1. The van der Waals surface area contributed by atoms with Gasteiger partial charge in [0.05, 0.1) is 15.7 Å². The second-order valence-electron chi connectivity index (χ2n) is 5.07. The predicted octanol–water partition coefficient (Wildman–Crippen LogP) is 5.73. The van der Waals surface area contributed by atoms with Crippen molar-refractivity contribution >= 4 is 46.3 Å². The fourth-order valence-corrected chi connectivity index (χ4v) is 2.78. The first kappa shape index (κ1) is 14.9. The lowest BCUT2D eigenvalue weighted by molar-refractivity contribution is 0.480. The van der Waals surface area contributed by atoms with Gasteiger partial charge in [0.15, 0.2) is 5.75 Å². The number of nitrogens with zero attached hydrogens (tertiary/aromatic N) is 1.